The lowest BCUT2D eigenvalue weighted by Crippen LogP contribution is -2.45. The van der Waals surface area contributed by atoms with E-state index in [-0.39, 0.29) is 5.44 Å². The molecule has 0 amide bonds. The number of hydrogen-bond donors (Lipinski definition) is 1. The highest BCUT2D eigenvalue weighted by Crippen LogP contribution is 2.44. The molecule has 37 heavy (non-hydrogen) atoms. The van der Waals surface area contributed by atoms with E-state index >= 15 is 0 Å². The molecule has 0 unspecified atom stereocenters. The molecule has 0 saturated carbocycles. The lowest BCUT2D eigenvalue weighted by atomic mass is 9.61. The van der Waals surface area contributed by atoms with Crippen LogP contribution in [0.4, 0.5) is 0 Å². The molecule has 8 heteroatoms. The minimum Gasteiger partial charge on any atom is -0.386 e. The second-order valence-corrected chi connectivity index (χ2v) is 10.9. The molecule has 1 aliphatic rings. The number of aliphatic hydroxyl groups is 1. The number of fused-ring (bicyclic) bond motifs is 3. The molecule has 0 radical (unpaired) electrons. The normalized spacial score (nSPS) is 16.9. The van der Waals surface area contributed by atoms with Crippen LogP contribution in [0.5, 0.6) is 0 Å². The Balaban J connectivity index is 1.73. The molecule has 1 saturated heterocycles. The number of pyridine rings is 1. The summed E-state index contributed by atoms with van der Waals surface area (Å²) in [6, 6.07) is 19.2. The maximum absolute atomic E-state index is 10.9. The van der Waals surface area contributed by atoms with E-state index in [9.17, 15) is 5.11 Å². The van der Waals surface area contributed by atoms with Gasteiger partial charge in [0.1, 0.15) is 7.85 Å². The Morgan fingerprint density at radius 2 is 1.73 bits per heavy atom. The predicted octanol–water partition coefficient (Wildman–Crippen LogP) is 3.97. The van der Waals surface area contributed by atoms with Gasteiger partial charge in [0.2, 0.25) is 0 Å². The lowest BCUT2D eigenvalue weighted by molar-refractivity contribution is 0.0481. The third-order valence-electron chi connectivity index (χ3n) is 8.16. The molecule has 6 rings (SSSR count). The fraction of sp³-hybridized carbons (Fsp3) is 0.345. The fourth-order valence-corrected chi connectivity index (χ4v) is 6.03. The maximum Gasteiger partial charge on any atom is 0.141 e. The van der Waals surface area contributed by atoms with Crippen LogP contribution in [0.1, 0.15) is 37.8 Å². The molecule has 1 N–H and O–H groups in total. The number of nitrogens with zero attached hydrogens (tertiary/aromatic N) is 5. The van der Waals surface area contributed by atoms with Crippen molar-refractivity contribution in [2.24, 2.45) is 13.0 Å². The summed E-state index contributed by atoms with van der Waals surface area (Å²) in [5, 5.41) is 20.2. The van der Waals surface area contributed by atoms with Gasteiger partial charge in [-0.15, -0.1) is 5.10 Å². The molecule has 3 aromatic heterocycles. The van der Waals surface area contributed by atoms with Gasteiger partial charge in [-0.3, -0.25) is 4.98 Å². The van der Waals surface area contributed by atoms with E-state index in [0.717, 1.165) is 64.8 Å². The van der Waals surface area contributed by atoms with Crippen molar-refractivity contribution in [3.63, 3.8) is 0 Å². The molecular weight excluding hydrogens is 461 g/mol. The molecule has 2 aromatic carbocycles. The smallest absolute Gasteiger partial charge is 0.141 e. The van der Waals surface area contributed by atoms with Gasteiger partial charge in [0.05, 0.1) is 34.0 Å². The molecule has 0 spiro atoms. The van der Waals surface area contributed by atoms with Crippen molar-refractivity contribution in [2.75, 3.05) is 13.2 Å². The summed E-state index contributed by atoms with van der Waals surface area (Å²) in [7, 11) is 4.25. The van der Waals surface area contributed by atoms with Crippen molar-refractivity contribution >= 4 is 29.8 Å². The van der Waals surface area contributed by atoms with Gasteiger partial charge in [-0.05, 0) is 55.9 Å². The third-order valence-corrected chi connectivity index (χ3v) is 8.16. The number of aromatic nitrogens is 5. The Labute approximate surface area is 217 Å². The predicted molar refractivity (Wildman–Crippen MR) is 148 cm³/mol. The first-order valence-electron chi connectivity index (χ1n) is 12.9. The van der Waals surface area contributed by atoms with Gasteiger partial charge < -0.3 is 14.4 Å². The maximum atomic E-state index is 10.9. The van der Waals surface area contributed by atoms with E-state index in [1.807, 2.05) is 33.2 Å². The highest BCUT2D eigenvalue weighted by molar-refractivity contribution is 6.19. The molecule has 1 aliphatic heterocycles. The molecular formula is C29H32BN5O2. The Morgan fingerprint density at radius 1 is 0.973 bits per heavy atom. The summed E-state index contributed by atoms with van der Waals surface area (Å²) in [5.41, 5.74) is 5.75. The van der Waals surface area contributed by atoms with Crippen LogP contribution in [0.15, 0.2) is 67.0 Å². The topological polar surface area (TPSA) is 78.0 Å². The zero-order valence-electron chi connectivity index (χ0n) is 21.8. The minimum atomic E-state index is -0.962. The summed E-state index contributed by atoms with van der Waals surface area (Å²) in [6.45, 7) is 5.18. The monoisotopic (exact) mass is 493 g/mol. The van der Waals surface area contributed by atoms with Crippen molar-refractivity contribution < 1.29 is 9.84 Å². The first kappa shape index (κ1) is 23.9. The van der Waals surface area contributed by atoms with Gasteiger partial charge in [-0.1, -0.05) is 47.7 Å². The zero-order valence-corrected chi connectivity index (χ0v) is 21.8. The molecule has 5 aromatic rings. The highest BCUT2D eigenvalue weighted by Gasteiger charge is 2.40. The van der Waals surface area contributed by atoms with Gasteiger partial charge in [-0.2, -0.15) is 0 Å². The molecule has 0 aliphatic carbocycles. The average Bonchev–Trinajstić information content (AvgIpc) is 3.49. The molecule has 188 valence electrons. The average molecular weight is 493 g/mol. The van der Waals surface area contributed by atoms with E-state index in [1.165, 1.54) is 5.56 Å². The fourth-order valence-electron chi connectivity index (χ4n) is 6.03. The first-order chi connectivity index (χ1) is 17.8. The Morgan fingerprint density at radius 3 is 2.41 bits per heavy atom. The van der Waals surface area contributed by atoms with Crippen LogP contribution in [-0.2, 0) is 22.8 Å². The molecule has 1 atom stereocenters. The summed E-state index contributed by atoms with van der Waals surface area (Å²) in [4.78, 5) is 4.99. The van der Waals surface area contributed by atoms with Crippen LogP contribution >= 0.6 is 0 Å². The third kappa shape index (κ3) is 3.86. The van der Waals surface area contributed by atoms with Crippen LogP contribution in [0, 0.1) is 5.92 Å². The second kappa shape index (κ2) is 8.82. The van der Waals surface area contributed by atoms with Crippen molar-refractivity contribution in [3.8, 4) is 11.3 Å². The minimum absolute atomic E-state index is 0.357. The van der Waals surface area contributed by atoms with Gasteiger partial charge >= 0.3 is 0 Å². The SMILES string of the molecule is B[C@](c1ccccc1)(C1CCOCC1)n1c2cc(C(C)(C)O)ccc2c2ncc(-c3cnnn3C)cc21. The Kier molecular flexibility index (Phi) is 5.69. The van der Waals surface area contributed by atoms with E-state index in [1.54, 1.807) is 10.9 Å². The number of hydrogen-bond acceptors (Lipinski definition) is 5. The van der Waals surface area contributed by atoms with E-state index < -0.39 is 5.60 Å². The van der Waals surface area contributed by atoms with Crippen molar-refractivity contribution in [3.05, 3.63) is 78.1 Å². The highest BCUT2D eigenvalue weighted by atomic mass is 16.5. The van der Waals surface area contributed by atoms with Crippen molar-refractivity contribution in [1.29, 1.82) is 0 Å². The largest absolute Gasteiger partial charge is 0.386 e. The standard InChI is InChI=1S/C29H32BN5O2/c1-28(2,36)22-9-10-23-24(16-22)35(25-15-19(17-31-27(23)25)26-18-32-33-34(26)3)29(30,20-7-5-4-6-8-20)21-11-13-37-14-12-21/h4-10,15-18,21,36H,11-14,30H2,1-3H3/t29-/m0/s1. The van der Waals surface area contributed by atoms with Crippen LogP contribution in [0.25, 0.3) is 33.2 Å². The summed E-state index contributed by atoms with van der Waals surface area (Å²) < 4.78 is 10.0. The molecule has 7 nitrogen and oxygen atoms in total. The first-order valence-corrected chi connectivity index (χ1v) is 12.9. The zero-order chi connectivity index (χ0) is 25.8. The van der Waals surface area contributed by atoms with E-state index in [2.05, 4.69) is 71.3 Å². The van der Waals surface area contributed by atoms with Crippen LogP contribution in [0.3, 0.4) is 0 Å². The van der Waals surface area contributed by atoms with Crippen molar-refractivity contribution in [1.82, 2.24) is 24.5 Å². The van der Waals surface area contributed by atoms with Crippen LogP contribution in [-0.4, -0.2) is 50.7 Å². The second-order valence-electron chi connectivity index (χ2n) is 10.9. The number of benzene rings is 2. The summed E-state index contributed by atoms with van der Waals surface area (Å²) in [5.74, 6) is 0.357. The molecule has 4 heterocycles. The van der Waals surface area contributed by atoms with Gasteiger partial charge in [0.25, 0.3) is 0 Å². The van der Waals surface area contributed by atoms with Gasteiger partial charge in [-0.25, -0.2) is 4.68 Å². The van der Waals surface area contributed by atoms with Gasteiger partial charge in [0.15, 0.2) is 0 Å². The van der Waals surface area contributed by atoms with E-state index in [4.69, 9.17) is 9.72 Å². The quantitative estimate of drug-likeness (QED) is 0.375. The number of ether oxygens (including phenoxy) is 1. The molecule has 1 fully saturated rings. The summed E-state index contributed by atoms with van der Waals surface area (Å²) >= 11 is 0. The molecule has 0 bridgehead atoms. The van der Waals surface area contributed by atoms with Gasteiger partial charge in [0, 0.05) is 42.8 Å². The van der Waals surface area contributed by atoms with Crippen molar-refractivity contribution in [2.45, 2.75) is 37.7 Å². The Bertz CT molecular complexity index is 1580. The van der Waals surface area contributed by atoms with Crippen LogP contribution < -0.4 is 0 Å². The van der Waals surface area contributed by atoms with E-state index in [0.29, 0.717) is 5.92 Å². The van der Waals surface area contributed by atoms with Crippen LogP contribution in [0.2, 0.25) is 0 Å². The summed E-state index contributed by atoms with van der Waals surface area (Å²) in [6.07, 6.45) is 5.62. The number of rotatable bonds is 5. The number of aryl methyl sites for hydroxylation is 1. The Hall–Kier alpha value is -3.49. The lowest BCUT2D eigenvalue weighted by Gasteiger charge is -2.43.